The van der Waals surface area contributed by atoms with Crippen molar-refractivity contribution in [2.75, 3.05) is 19.3 Å². The third-order valence-electron chi connectivity index (χ3n) is 3.46. The van der Waals surface area contributed by atoms with E-state index >= 15 is 0 Å². The van der Waals surface area contributed by atoms with Gasteiger partial charge >= 0.3 is 0 Å². The summed E-state index contributed by atoms with van der Waals surface area (Å²) in [5, 5.41) is 0. The molecule has 0 aromatic carbocycles. The zero-order chi connectivity index (χ0) is 13.9. The molecule has 1 saturated heterocycles. The number of nitrogens with zero attached hydrogens (tertiary/aromatic N) is 3. The van der Waals surface area contributed by atoms with Gasteiger partial charge in [0.1, 0.15) is 0 Å². The lowest BCUT2D eigenvalue weighted by molar-refractivity contribution is 0.237. The lowest BCUT2D eigenvalue weighted by Crippen LogP contribution is -2.41. The Bertz CT molecular complexity index is 490. The molecule has 1 aromatic heterocycles. The predicted molar refractivity (Wildman–Crippen MR) is 73.7 cm³/mol. The molecule has 2 unspecified atom stereocenters. The van der Waals surface area contributed by atoms with Crippen LogP contribution < -0.4 is 11.3 Å². The van der Waals surface area contributed by atoms with Crippen molar-refractivity contribution in [1.29, 1.82) is 0 Å². The number of hydrazine groups is 1. The minimum Gasteiger partial charge on any atom is -0.271 e. The first-order valence-corrected chi connectivity index (χ1v) is 8.77. The molecule has 1 fully saturated rings. The van der Waals surface area contributed by atoms with Gasteiger partial charge in [-0.05, 0) is 25.2 Å². The van der Waals surface area contributed by atoms with Gasteiger partial charge in [0.2, 0.25) is 10.0 Å². The quantitative estimate of drug-likeness (QED) is 0.591. The van der Waals surface area contributed by atoms with Crippen molar-refractivity contribution in [3.8, 4) is 0 Å². The van der Waals surface area contributed by atoms with Crippen molar-refractivity contribution in [3.63, 3.8) is 0 Å². The summed E-state index contributed by atoms with van der Waals surface area (Å²) < 4.78 is 32.9. The van der Waals surface area contributed by atoms with Crippen LogP contribution in [0.25, 0.3) is 0 Å². The van der Waals surface area contributed by atoms with Crippen molar-refractivity contribution < 1.29 is 8.42 Å². The van der Waals surface area contributed by atoms with E-state index in [1.807, 2.05) is 0 Å². The molecule has 0 amide bonds. The van der Waals surface area contributed by atoms with Crippen molar-refractivity contribution in [2.24, 2.45) is 11.8 Å². The van der Waals surface area contributed by atoms with Gasteiger partial charge in [0.05, 0.1) is 35.9 Å². The minimum absolute atomic E-state index is 0.0664. The summed E-state index contributed by atoms with van der Waals surface area (Å²) in [6.07, 6.45) is 5.64. The molecular formula is C10H19N5O2S2. The van der Waals surface area contributed by atoms with Crippen LogP contribution in [0.15, 0.2) is 6.20 Å². The molecule has 0 spiro atoms. The smallest absolute Gasteiger partial charge is 0.211 e. The van der Waals surface area contributed by atoms with E-state index in [4.69, 9.17) is 5.84 Å². The first kappa shape index (κ1) is 14.8. The molecule has 0 saturated carbocycles. The molecule has 0 aliphatic carbocycles. The van der Waals surface area contributed by atoms with Gasteiger partial charge in [0.15, 0.2) is 0 Å². The normalized spacial score (nSPS) is 23.4. The summed E-state index contributed by atoms with van der Waals surface area (Å²) in [5.74, 6) is 5.85. The van der Waals surface area contributed by atoms with Crippen LogP contribution >= 0.6 is 11.7 Å². The van der Waals surface area contributed by atoms with Crippen LogP contribution in [0.2, 0.25) is 0 Å². The van der Waals surface area contributed by atoms with Crippen molar-refractivity contribution in [1.82, 2.24) is 18.5 Å². The second kappa shape index (κ2) is 6.23. The highest BCUT2D eigenvalue weighted by atomic mass is 32.2. The highest BCUT2D eigenvalue weighted by molar-refractivity contribution is 7.88. The molecule has 2 heterocycles. The predicted octanol–water partition coefficient (Wildman–Crippen LogP) is 0.104. The second-order valence-electron chi connectivity index (χ2n) is 4.92. The summed E-state index contributed by atoms with van der Waals surface area (Å²) in [6, 6.07) is -0.0664. The molecule has 2 atom stereocenters. The number of hydrogen-bond donors (Lipinski definition) is 2. The number of sulfonamides is 1. The number of hydrogen-bond acceptors (Lipinski definition) is 7. The van der Waals surface area contributed by atoms with Crippen LogP contribution in [0.1, 0.15) is 31.0 Å². The summed E-state index contributed by atoms with van der Waals surface area (Å²) >= 11 is 1.15. The Morgan fingerprint density at radius 2 is 2.47 bits per heavy atom. The van der Waals surface area contributed by atoms with Crippen LogP contribution in [0.5, 0.6) is 0 Å². The van der Waals surface area contributed by atoms with Gasteiger partial charge < -0.3 is 0 Å². The first-order chi connectivity index (χ1) is 9.00. The Hall–Kier alpha value is -0.610. The van der Waals surface area contributed by atoms with Gasteiger partial charge in [0, 0.05) is 13.1 Å². The average molecular weight is 305 g/mol. The molecule has 3 N–H and O–H groups in total. The van der Waals surface area contributed by atoms with Crippen molar-refractivity contribution in [3.05, 3.63) is 11.9 Å². The zero-order valence-corrected chi connectivity index (χ0v) is 12.5. The molecule has 19 heavy (non-hydrogen) atoms. The fourth-order valence-electron chi connectivity index (χ4n) is 2.45. The van der Waals surface area contributed by atoms with E-state index in [0.717, 1.165) is 36.7 Å². The summed E-state index contributed by atoms with van der Waals surface area (Å²) in [6.45, 7) is 1.18. The second-order valence-corrected chi connectivity index (χ2v) is 7.46. The summed E-state index contributed by atoms with van der Waals surface area (Å²) in [4.78, 5) is 0. The fourth-order valence-corrected chi connectivity index (χ4v) is 3.87. The van der Waals surface area contributed by atoms with Gasteiger partial charge in [-0.2, -0.15) is 8.75 Å². The average Bonchev–Trinajstić information content (AvgIpc) is 2.89. The van der Waals surface area contributed by atoms with Gasteiger partial charge in [-0.1, -0.05) is 0 Å². The van der Waals surface area contributed by atoms with Gasteiger partial charge in [0.25, 0.3) is 0 Å². The Morgan fingerprint density at radius 3 is 3.05 bits per heavy atom. The highest BCUT2D eigenvalue weighted by Gasteiger charge is 2.28. The minimum atomic E-state index is -3.10. The standard InChI is InChI=1S/C10H19N5O2S2/c1-19(16,17)15-4-2-3-8(7-15)5-9(13-11)10-6-12-18-14-10/h6,8-9,13H,2-5,7,11H2,1H3. The van der Waals surface area contributed by atoms with E-state index in [1.54, 1.807) is 10.5 Å². The Balaban J connectivity index is 1.98. The van der Waals surface area contributed by atoms with E-state index in [9.17, 15) is 8.42 Å². The lowest BCUT2D eigenvalue weighted by atomic mass is 9.91. The van der Waals surface area contributed by atoms with E-state index in [1.165, 1.54) is 6.26 Å². The molecule has 0 bridgehead atoms. The summed E-state index contributed by atoms with van der Waals surface area (Å²) in [5.41, 5.74) is 3.56. The van der Waals surface area contributed by atoms with Crippen LogP contribution in [0.4, 0.5) is 0 Å². The number of nitrogens with two attached hydrogens (primary N) is 1. The third kappa shape index (κ3) is 3.93. The molecule has 2 rings (SSSR count). The maximum atomic E-state index is 11.6. The molecule has 1 aromatic rings. The molecule has 1 aliphatic heterocycles. The Kier molecular flexibility index (Phi) is 4.85. The molecule has 108 valence electrons. The number of nitrogens with one attached hydrogen (secondary N) is 1. The maximum absolute atomic E-state index is 11.6. The van der Waals surface area contributed by atoms with Gasteiger partial charge in [-0.15, -0.1) is 0 Å². The van der Waals surface area contributed by atoms with Crippen molar-refractivity contribution in [2.45, 2.75) is 25.3 Å². The Labute approximate surface area is 117 Å². The monoisotopic (exact) mass is 305 g/mol. The van der Waals surface area contributed by atoms with Crippen LogP contribution in [0, 0.1) is 5.92 Å². The van der Waals surface area contributed by atoms with E-state index in [2.05, 4.69) is 14.2 Å². The van der Waals surface area contributed by atoms with Crippen LogP contribution in [-0.2, 0) is 10.0 Å². The topological polar surface area (TPSA) is 101 Å². The molecular weight excluding hydrogens is 286 g/mol. The largest absolute Gasteiger partial charge is 0.271 e. The first-order valence-electron chi connectivity index (χ1n) is 6.19. The zero-order valence-electron chi connectivity index (χ0n) is 10.8. The molecule has 7 nitrogen and oxygen atoms in total. The third-order valence-corrected chi connectivity index (χ3v) is 5.22. The highest BCUT2D eigenvalue weighted by Crippen LogP contribution is 2.27. The van der Waals surface area contributed by atoms with E-state index < -0.39 is 10.0 Å². The molecule has 0 radical (unpaired) electrons. The van der Waals surface area contributed by atoms with Crippen molar-refractivity contribution >= 4 is 21.8 Å². The number of aromatic nitrogens is 2. The lowest BCUT2D eigenvalue weighted by Gasteiger charge is -2.32. The van der Waals surface area contributed by atoms with Gasteiger partial charge in [-0.25, -0.2) is 12.7 Å². The van der Waals surface area contributed by atoms with Crippen LogP contribution in [-0.4, -0.2) is 40.8 Å². The number of rotatable bonds is 5. The SMILES string of the molecule is CS(=O)(=O)N1CCCC(CC(NN)c2cnsn2)C1. The van der Waals surface area contributed by atoms with E-state index in [-0.39, 0.29) is 6.04 Å². The summed E-state index contributed by atoms with van der Waals surface area (Å²) in [7, 11) is -3.10. The molecule has 9 heteroatoms. The van der Waals surface area contributed by atoms with Crippen LogP contribution in [0.3, 0.4) is 0 Å². The Morgan fingerprint density at radius 1 is 1.68 bits per heavy atom. The molecule has 1 aliphatic rings. The maximum Gasteiger partial charge on any atom is 0.211 e. The fraction of sp³-hybridized carbons (Fsp3) is 0.800. The van der Waals surface area contributed by atoms with E-state index in [0.29, 0.717) is 19.0 Å². The van der Waals surface area contributed by atoms with Gasteiger partial charge in [-0.3, -0.25) is 11.3 Å². The number of piperidine rings is 1.